The summed E-state index contributed by atoms with van der Waals surface area (Å²) in [5, 5.41) is 9.66. The van der Waals surface area contributed by atoms with E-state index >= 15 is 0 Å². The molecule has 49 heavy (non-hydrogen) atoms. The molecule has 7 nitrogen and oxygen atoms in total. The summed E-state index contributed by atoms with van der Waals surface area (Å²) in [6, 6.07) is 28.0. The maximum absolute atomic E-state index is 13.2. The molecule has 8 heteroatoms. The Morgan fingerprint density at radius 2 is 1.45 bits per heavy atom. The standard InChI is InChI=1S/C41H41FN2O5/c1-44-37-20-35(49-34-12-6-31(7-13-34)41-21-28-16-29(22-41)18-30(17-28)23-41)14-15-36(37)43-39(44)25-47-33-10-4-26(5-11-33)19-38(40(45)46)48-24-27-2-8-32(42)9-3-27/h2-15,20,28-30,38H,16-19,21-25H2,1H3,(H,45,46). The molecule has 0 radical (unpaired) electrons. The number of ether oxygens (including phenoxy) is 3. The van der Waals surface area contributed by atoms with Crippen LogP contribution in [0.2, 0.25) is 0 Å². The maximum Gasteiger partial charge on any atom is 0.333 e. The number of carboxylic acids is 1. The fraction of sp³-hybridized carbons (Fsp3) is 0.366. The Hall–Kier alpha value is -4.69. The van der Waals surface area contributed by atoms with Crippen LogP contribution in [0.25, 0.3) is 11.0 Å². The highest BCUT2D eigenvalue weighted by molar-refractivity contribution is 5.78. The monoisotopic (exact) mass is 660 g/mol. The van der Waals surface area contributed by atoms with Gasteiger partial charge in [0, 0.05) is 19.5 Å². The molecule has 5 aromatic rings. The topological polar surface area (TPSA) is 82.8 Å². The SMILES string of the molecule is Cn1c(COc2ccc(CC(OCc3ccc(F)cc3)C(=O)O)cc2)nc2ccc(Oc3ccc(C45CC6CC(CC(C6)C4)C5)cc3)cc21. The molecule has 4 bridgehead atoms. The summed E-state index contributed by atoms with van der Waals surface area (Å²) >= 11 is 0. The minimum absolute atomic E-state index is 0.0820. The van der Waals surface area contributed by atoms with Gasteiger partial charge in [-0.05, 0) is 127 Å². The van der Waals surface area contributed by atoms with Crippen LogP contribution in [0, 0.1) is 23.6 Å². The van der Waals surface area contributed by atoms with Gasteiger partial charge in [-0.2, -0.15) is 0 Å². The molecule has 4 aliphatic carbocycles. The lowest BCUT2D eigenvalue weighted by Gasteiger charge is -2.57. The van der Waals surface area contributed by atoms with Crippen LogP contribution in [0.5, 0.6) is 17.2 Å². The molecule has 0 spiro atoms. The van der Waals surface area contributed by atoms with Crippen LogP contribution in [-0.2, 0) is 41.6 Å². The number of hydrogen-bond donors (Lipinski definition) is 1. The molecule has 0 amide bonds. The average Bonchev–Trinajstić information content (AvgIpc) is 3.40. The van der Waals surface area contributed by atoms with Crippen LogP contribution in [-0.4, -0.2) is 26.7 Å². The van der Waals surface area contributed by atoms with Gasteiger partial charge < -0.3 is 23.9 Å². The van der Waals surface area contributed by atoms with E-state index in [1.807, 2.05) is 54.1 Å². The summed E-state index contributed by atoms with van der Waals surface area (Å²) in [5.74, 6) is 4.41. The number of fused-ring (bicyclic) bond motifs is 1. The van der Waals surface area contributed by atoms with E-state index < -0.39 is 12.1 Å². The molecule has 0 aliphatic heterocycles. The van der Waals surface area contributed by atoms with Crippen LogP contribution in [0.1, 0.15) is 61.0 Å². The number of carboxylic acid groups (broad SMARTS) is 1. The maximum atomic E-state index is 13.2. The number of aliphatic carboxylic acids is 1. The Balaban J connectivity index is 0.876. The zero-order valence-corrected chi connectivity index (χ0v) is 27.7. The lowest BCUT2D eigenvalue weighted by Crippen LogP contribution is -2.48. The molecule has 4 aliphatic rings. The van der Waals surface area contributed by atoms with E-state index in [9.17, 15) is 14.3 Å². The fourth-order valence-corrected chi connectivity index (χ4v) is 8.97. The van der Waals surface area contributed by atoms with Crippen molar-refractivity contribution in [2.45, 2.75) is 69.7 Å². The second kappa shape index (κ2) is 13.0. The van der Waals surface area contributed by atoms with E-state index in [4.69, 9.17) is 19.2 Å². The van der Waals surface area contributed by atoms with Crippen molar-refractivity contribution >= 4 is 17.0 Å². The minimum Gasteiger partial charge on any atom is -0.486 e. The highest BCUT2D eigenvalue weighted by atomic mass is 19.1. The Morgan fingerprint density at radius 3 is 2.10 bits per heavy atom. The van der Waals surface area contributed by atoms with Crippen molar-refractivity contribution in [2.75, 3.05) is 0 Å². The smallest absolute Gasteiger partial charge is 0.333 e. The molecule has 1 atom stereocenters. The van der Waals surface area contributed by atoms with Gasteiger partial charge in [-0.15, -0.1) is 0 Å². The summed E-state index contributed by atoms with van der Waals surface area (Å²) in [4.78, 5) is 16.6. The van der Waals surface area contributed by atoms with E-state index in [0.29, 0.717) is 16.7 Å². The molecule has 0 saturated heterocycles. The summed E-state index contributed by atoms with van der Waals surface area (Å²) in [7, 11) is 1.97. The second-order valence-corrected chi connectivity index (χ2v) is 14.5. The van der Waals surface area contributed by atoms with Crippen LogP contribution in [0.3, 0.4) is 0 Å². The molecule has 1 aromatic heterocycles. The molecule has 1 heterocycles. The van der Waals surface area contributed by atoms with Crippen molar-refractivity contribution in [3.8, 4) is 17.2 Å². The quantitative estimate of drug-likeness (QED) is 0.144. The third-order valence-corrected chi connectivity index (χ3v) is 11.0. The Bertz CT molecular complexity index is 1920. The molecule has 1 unspecified atom stereocenters. The van der Waals surface area contributed by atoms with E-state index in [-0.39, 0.29) is 25.5 Å². The predicted octanol–water partition coefficient (Wildman–Crippen LogP) is 8.76. The van der Waals surface area contributed by atoms with Gasteiger partial charge in [0.05, 0.1) is 17.6 Å². The first kappa shape index (κ1) is 31.6. The lowest BCUT2D eigenvalue weighted by molar-refractivity contribution is -0.151. The first-order valence-corrected chi connectivity index (χ1v) is 17.3. The summed E-state index contributed by atoms with van der Waals surface area (Å²) < 4.78 is 33.2. The van der Waals surface area contributed by atoms with Crippen molar-refractivity contribution in [3.05, 3.63) is 119 Å². The lowest BCUT2D eigenvalue weighted by atomic mass is 9.48. The van der Waals surface area contributed by atoms with Crippen LogP contribution >= 0.6 is 0 Å². The number of carbonyl (C=O) groups is 1. The first-order chi connectivity index (χ1) is 23.8. The summed E-state index contributed by atoms with van der Waals surface area (Å²) in [6.45, 7) is 0.351. The second-order valence-electron chi connectivity index (χ2n) is 14.5. The van der Waals surface area contributed by atoms with Crippen molar-refractivity contribution < 1.29 is 28.5 Å². The van der Waals surface area contributed by atoms with Crippen molar-refractivity contribution in [2.24, 2.45) is 24.8 Å². The van der Waals surface area contributed by atoms with E-state index in [1.54, 1.807) is 12.1 Å². The minimum atomic E-state index is -1.05. The van der Waals surface area contributed by atoms with Crippen LogP contribution in [0.15, 0.2) is 91.0 Å². The largest absolute Gasteiger partial charge is 0.486 e. The number of imidazole rings is 1. The highest BCUT2D eigenvalue weighted by Gasteiger charge is 2.51. The third-order valence-electron chi connectivity index (χ3n) is 11.0. The van der Waals surface area contributed by atoms with Gasteiger partial charge in [0.1, 0.15) is 35.5 Å². The normalized spacial score (nSPS) is 23.1. The molecule has 4 aromatic carbocycles. The molecular formula is C41H41FN2O5. The van der Waals surface area contributed by atoms with Gasteiger partial charge in [0.2, 0.25) is 0 Å². The number of nitrogens with zero attached hydrogens (tertiary/aromatic N) is 2. The number of halogens is 1. The predicted molar refractivity (Wildman–Crippen MR) is 184 cm³/mol. The van der Waals surface area contributed by atoms with Gasteiger partial charge in [-0.25, -0.2) is 14.2 Å². The van der Waals surface area contributed by atoms with E-state index in [1.165, 1.54) is 56.2 Å². The molecular weight excluding hydrogens is 619 g/mol. The van der Waals surface area contributed by atoms with Gasteiger partial charge in [-0.3, -0.25) is 0 Å². The van der Waals surface area contributed by atoms with Crippen LogP contribution in [0.4, 0.5) is 4.39 Å². The van der Waals surface area contributed by atoms with Gasteiger partial charge in [-0.1, -0.05) is 36.4 Å². The molecule has 9 rings (SSSR count). The molecule has 252 valence electrons. The number of benzene rings is 4. The van der Waals surface area contributed by atoms with E-state index in [2.05, 4.69) is 24.3 Å². The van der Waals surface area contributed by atoms with Gasteiger partial charge >= 0.3 is 5.97 Å². The summed E-state index contributed by atoms with van der Waals surface area (Å²) in [6.07, 6.45) is 7.59. The zero-order valence-electron chi connectivity index (χ0n) is 27.7. The van der Waals surface area contributed by atoms with Crippen LogP contribution < -0.4 is 9.47 Å². The molecule has 1 N–H and O–H groups in total. The average molecular weight is 661 g/mol. The number of hydrogen-bond acceptors (Lipinski definition) is 5. The number of aryl methyl sites for hydroxylation is 1. The molecule has 4 fully saturated rings. The third kappa shape index (κ3) is 6.66. The fourth-order valence-electron chi connectivity index (χ4n) is 8.97. The number of aromatic nitrogens is 2. The van der Waals surface area contributed by atoms with Crippen molar-refractivity contribution in [1.82, 2.24) is 9.55 Å². The Kier molecular flexibility index (Phi) is 8.36. The van der Waals surface area contributed by atoms with E-state index in [0.717, 1.165) is 51.7 Å². The zero-order chi connectivity index (χ0) is 33.5. The number of rotatable bonds is 12. The highest BCUT2D eigenvalue weighted by Crippen LogP contribution is 2.60. The van der Waals surface area contributed by atoms with Crippen molar-refractivity contribution in [3.63, 3.8) is 0 Å². The summed E-state index contributed by atoms with van der Waals surface area (Å²) in [5.41, 5.74) is 5.21. The van der Waals surface area contributed by atoms with Gasteiger partial charge in [0.15, 0.2) is 6.10 Å². The Labute approximate surface area is 285 Å². The van der Waals surface area contributed by atoms with Crippen molar-refractivity contribution in [1.29, 1.82) is 0 Å². The first-order valence-electron chi connectivity index (χ1n) is 17.3. The Morgan fingerprint density at radius 1 is 0.837 bits per heavy atom. The molecule has 4 saturated carbocycles. The van der Waals surface area contributed by atoms with Gasteiger partial charge in [0.25, 0.3) is 0 Å².